The quantitative estimate of drug-likeness (QED) is 0.133. The van der Waals surface area contributed by atoms with Crippen molar-refractivity contribution in [1.29, 1.82) is 0 Å². The van der Waals surface area contributed by atoms with Gasteiger partial charge in [0.15, 0.2) is 6.79 Å². The molecule has 0 radical (unpaired) electrons. The van der Waals surface area contributed by atoms with Crippen LogP contribution in [-0.2, 0) is 28.5 Å². The molecule has 0 N–H and O–H groups in total. The Morgan fingerprint density at radius 1 is 0.760 bits per heavy atom. The normalized spacial score (nSPS) is 31.3. The Kier molecular flexibility index (Phi) is 12.7. The van der Waals surface area contributed by atoms with Gasteiger partial charge in [0.2, 0.25) is 6.29 Å². The summed E-state index contributed by atoms with van der Waals surface area (Å²) in [6.07, 6.45) is 13.8. The lowest BCUT2D eigenvalue weighted by atomic mass is 9.54. The van der Waals surface area contributed by atoms with Crippen LogP contribution in [0.3, 0.4) is 0 Å². The number of carbonyl (C=O) groups excluding carboxylic acids is 2. The van der Waals surface area contributed by atoms with Crippen LogP contribution in [0.4, 0.5) is 0 Å². The summed E-state index contributed by atoms with van der Waals surface area (Å²) >= 11 is 0. The largest absolute Gasteiger partial charge is 0.438 e. The predicted octanol–water partition coefficient (Wildman–Crippen LogP) is 11.5. The third kappa shape index (κ3) is 10.7. The second-order valence-electron chi connectivity index (χ2n) is 22.4. The van der Waals surface area contributed by atoms with Gasteiger partial charge in [-0.05, 0) is 136 Å². The van der Waals surface area contributed by atoms with Crippen LogP contribution >= 0.6 is 0 Å². The van der Waals surface area contributed by atoms with Gasteiger partial charge in [-0.15, -0.1) is 0 Å². The molecule has 290 valence electrons. The highest BCUT2D eigenvalue weighted by Crippen LogP contribution is 2.57. The Balaban J connectivity index is 1.27. The van der Waals surface area contributed by atoms with Gasteiger partial charge in [-0.1, -0.05) is 90.0 Å². The topological polar surface area (TPSA) is 71.1 Å². The molecular weight excluding hydrogens is 624 g/mol. The maximum atomic E-state index is 13.8. The Bertz CT molecular complexity index is 1110. The Labute approximate surface area is 307 Å². The molecule has 5 saturated carbocycles. The lowest BCUT2D eigenvalue weighted by Gasteiger charge is -2.56. The van der Waals surface area contributed by atoms with Crippen LogP contribution < -0.4 is 0 Å². The molecule has 5 aliphatic rings. The van der Waals surface area contributed by atoms with E-state index in [1.54, 1.807) is 0 Å². The summed E-state index contributed by atoms with van der Waals surface area (Å²) in [6.45, 7) is 30.5. The summed E-state index contributed by atoms with van der Waals surface area (Å²) in [5.41, 5.74) is -1.12. The molecule has 3 atom stereocenters. The van der Waals surface area contributed by atoms with Crippen molar-refractivity contribution >= 4 is 11.9 Å². The van der Waals surface area contributed by atoms with E-state index in [-0.39, 0.29) is 63.9 Å². The van der Waals surface area contributed by atoms with Gasteiger partial charge in [-0.25, -0.2) is 0 Å². The minimum absolute atomic E-state index is 0.00322. The standard InChI is InChI=1S/C44H78O6/c1-29(2)37(50-38(46)43(14,41(9,10)11)27-39(3,4)5)49-34-17-15-30(16-18-34)22-42(12,13)26-35(40(6,7)8)36(45)47-28-48-44-23-31-19-32(24-44)21-33(20-31)25-44/h29-35,37H,15-28H2,1-14H3. The van der Waals surface area contributed by atoms with Crippen molar-refractivity contribution < 1.29 is 28.5 Å². The van der Waals surface area contributed by atoms with Crippen LogP contribution in [0.1, 0.15) is 180 Å². The van der Waals surface area contributed by atoms with Gasteiger partial charge in [0.05, 0.1) is 23.0 Å². The van der Waals surface area contributed by atoms with E-state index in [2.05, 4.69) is 96.9 Å². The third-order valence-corrected chi connectivity index (χ3v) is 13.4. The maximum Gasteiger partial charge on any atom is 0.314 e. The smallest absolute Gasteiger partial charge is 0.314 e. The first-order valence-electron chi connectivity index (χ1n) is 20.5. The van der Waals surface area contributed by atoms with E-state index in [0.29, 0.717) is 5.92 Å². The number of rotatable bonds is 14. The molecule has 50 heavy (non-hydrogen) atoms. The van der Waals surface area contributed by atoms with Crippen LogP contribution in [0, 0.1) is 62.6 Å². The molecule has 0 aliphatic heterocycles. The number of hydrogen-bond acceptors (Lipinski definition) is 6. The van der Waals surface area contributed by atoms with Crippen LogP contribution in [0.25, 0.3) is 0 Å². The summed E-state index contributed by atoms with van der Waals surface area (Å²) in [6, 6.07) is 0. The van der Waals surface area contributed by atoms with Crippen molar-refractivity contribution in [3.8, 4) is 0 Å². The fourth-order valence-electron chi connectivity index (χ4n) is 10.6. The van der Waals surface area contributed by atoms with E-state index >= 15 is 0 Å². The predicted molar refractivity (Wildman–Crippen MR) is 202 cm³/mol. The van der Waals surface area contributed by atoms with E-state index in [0.717, 1.165) is 82.0 Å². The number of hydrogen-bond donors (Lipinski definition) is 0. The van der Waals surface area contributed by atoms with Crippen molar-refractivity contribution in [3.05, 3.63) is 0 Å². The Hall–Kier alpha value is -1.14. The second-order valence-corrected chi connectivity index (χ2v) is 22.4. The first-order chi connectivity index (χ1) is 22.8. The van der Waals surface area contributed by atoms with Gasteiger partial charge in [-0.2, -0.15) is 0 Å². The van der Waals surface area contributed by atoms with Gasteiger partial charge < -0.3 is 18.9 Å². The summed E-state index contributed by atoms with van der Waals surface area (Å²) in [5, 5.41) is 0. The van der Waals surface area contributed by atoms with Crippen molar-refractivity contribution in [3.63, 3.8) is 0 Å². The summed E-state index contributed by atoms with van der Waals surface area (Å²) < 4.78 is 25.2. The minimum atomic E-state index is -0.621. The Morgan fingerprint density at radius 2 is 1.28 bits per heavy atom. The lowest BCUT2D eigenvalue weighted by molar-refractivity contribution is -0.220. The summed E-state index contributed by atoms with van der Waals surface area (Å²) in [4.78, 5) is 27.5. The molecule has 0 spiro atoms. The third-order valence-electron chi connectivity index (χ3n) is 13.4. The summed E-state index contributed by atoms with van der Waals surface area (Å²) in [5.74, 6) is 2.64. The summed E-state index contributed by atoms with van der Waals surface area (Å²) in [7, 11) is 0. The molecule has 0 amide bonds. The van der Waals surface area contributed by atoms with E-state index in [1.165, 1.54) is 19.3 Å². The van der Waals surface area contributed by atoms with Gasteiger partial charge in [0, 0.05) is 5.92 Å². The van der Waals surface area contributed by atoms with Crippen LogP contribution in [-0.4, -0.2) is 36.7 Å². The molecule has 4 bridgehead atoms. The lowest BCUT2D eigenvalue weighted by Crippen LogP contribution is -2.52. The average Bonchev–Trinajstić information content (AvgIpc) is 2.93. The highest BCUT2D eigenvalue weighted by Gasteiger charge is 2.52. The van der Waals surface area contributed by atoms with Crippen molar-refractivity contribution in [1.82, 2.24) is 0 Å². The van der Waals surface area contributed by atoms with E-state index in [4.69, 9.17) is 18.9 Å². The molecule has 0 heterocycles. The molecule has 0 aromatic rings. The van der Waals surface area contributed by atoms with Crippen molar-refractivity contribution in [2.75, 3.05) is 6.79 Å². The fourth-order valence-corrected chi connectivity index (χ4v) is 10.6. The van der Waals surface area contributed by atoms with Crippen LogP contribution in [0.5, 0.6) is 0 Å². The Morgan fingerprint density at radius 3 is 1.72 bits per heavy atom. The zero-order valence-corrected chi connectivity index (χ0v) is 35.0. The van der Waals surface area contributed by atoms with Gasteiger partial charge in [0.25, 0.3) is 0 Å². The highest BCUT2D eigenvalue weighted by molar-refractivity contribution is 5.77. The van der Waals surface area contributed by atoms with Crippen molar-refractivity contribution in [2.24, 2.45) is 62.6 Å². The molecule has 3 unspecified atom stereocenters. The molecule has 0 aromatic heterocycles. The molecule has 0 saturated heterocycles. The molecule has 6 nitrogen and oxygen atoms in total. The van der Waals surface area contributed by atoms with Crippen LogP contribution in [0.15, 0.2) is 0 Å². The molecule has 5 aliphatic carbocycles. The van der Waals surface area contributed by atoms with E-state index in [1.807, 2.05) is 0 Å². The van der Waals surface area contributed by atoms with Crippen LogP contribution in [0.2, 0.25) is 0 Å². The van der Waals surface area contributed by atoms with E-state index < -0.39 is 11.7 Å². The number of esters is 2. The maximum absolute atomic E-state index is 13.8. The number of ether oxygens (including phenoxy) is 4. The average molecular weight is 703 g/mol. The molecule has 5 fully saturated rings. The molecule has 6 heteroatoms. The van der Waals surface area contributed by atoms with Gasteiger partial charge >= 0.3 is 11.9 Å². The zero-order chi connectivity index (χ0) is 37.5. The molecule has 5 rings (SSSR count). The van der Waals surface area contributed by atoms with E-state index in [9.17, 15) is 9.59 Å². The molecule has 0 aromatic carbocycles. The number of carbonyl (C=O) groups is 2. The molecular formula is C44H78O6. The monoisotopic (exact) mass is 703 g/mol. The fraction of sp³-hybridized carbons (Fsp3) is 0.955. The minimum Gasteiger partial charge on any atom is -0.438 e. The first-order valence-corrected chi connectivity index (χ1v) is 20.5. The van der Waals surface area contributed by atoms with Gasteiger partial charge in [-0.3, -0.25) is 9.59 Å². The first kappa shape index (κ1) is 41.6. The second kappa shape index (κ2) is 15.3. The van der Waals surface area contributed by atoms with Crippen molar-refractivity contribution in [2.45, 2.75) is 198 Å². The van der Waals surface area contributed by atoms with Gasteiger partial charge in [0.1, 0.15) is 0 Å². The zero-order valence-electron chi connectivity index (χ0n) is 35.0. The highest BCUT2D eigenvalue weighted by atomic mass is 16.7. The SMILES string of the molecule is CC(C)C(OC(=O)C(C)(CC(C)(C)C)C(C)(C)C)OC1CCC(CC(C)(C)CC(C(=O)OCOC23CC4CC(CC(C4)C2)C3)C(C)(C)C)CC1.